The Morgan fingerprint density at radius 3 is 2.28 bits per heavy atom. The Hall–Kier alpha value is -0.120. The second kappa shape index (κ2) is 8.83. The van der Waals surface area contributed by atoms with E-state index >= 15 is 0 Å². The molecule has 11 atom stereocenters. The highest BCUT2D eigenvalue weighted by molar-refractivity contribution is 5.17. The number of aliphatic hydroxyl groups is 3. The third-order valence-electron chi connectivity index (χ3n) is 12.1. The highest BCUT2D eigenvalue weighted by Gasteiger charge is 2.67. The maximum absolute atomic E-state index is 11.7. The summed E-state index contributed by atoms with van der Waals surface area (Å²) in [6.45, 7) is 14.5. The molecule has 4 rings (SSSR count). The molecule has 0 aromatic rings. The summed E-state index contributed by atoms with van der Waals surface area (Å²) in [5.41, 5.74) is -0.984. The maximum Gasteiger partial charge on any atom is 0.0985 e. The molecule has 0 radical (unpaired) electrons. The first-order valence-corrected chi connectivity index (χ1v) is 14.1. The molecule has 0 spiro atoms. The minimum absolute atomic E-state index is 0.259. The summed E-state index contributed by atoms with van der Waals surface area (Å²) in [4.78, 5) is 0. The van der Waals surface area contributed by atoms with Crippen molar-refractivity contribution in [3.05, 3.63) is 0 Å². The van der Waals surface area contributed by atoms with Crippen molar-refractivity contribution in [2.45, 2.75) is 130 Å². The third kappa shape index (κ3) is 3.72. The van der Waals surface area contributed by atoms with Crippen LogP contribution in [-0.2, 0) is 0 Å². The maximum atomic E-state index is 11.7. The van der Waals surface area contributed by atoms with Gasteiger partial charge in [0.25, 0.3) is 0 Å². The van der Waals surface area contributed by atoms with Crippen LogP contribution in [0.15, 0.2) is 0 Å². The van der Waals surface area contributed by atoms with Gasteiger partial charge in [0, 0.05) is 11.8 Å². The molecule has 0 saturated heterocycles. The zero-order valence-corrected chi connectivity index (χ0v) is 21.8. The van der Waals surface area contributed by atoms with E-state index in [0.29, 0.717) is 29.6 Å². The summed E-state index contributed by atoms with van der Waals surface area (Å²) in [5, 5.41) is 33.2. The van der Waals surface area contributed by atoms with Crippen molar-refractivity contribution in [1.29, 1.82) is 0 Å². The van der Waals surface area contributed by atoms with E-state index in [4.69, 9.17) is 0 Å². The average Bonchev–Trinajstić information content (AvgIpc) is 3.08. The predicted molar refractivity (Wildman–Crippen MR) is 131 cm³/mol. The van der Waals surface area contributed by atoms with Gasteiger partial charge in [-0.1, -0.05) is 54.4 Å². The lowest BCUT2D eigenvalue weighted by Crippen LogP contribution is -2.68. The Labute approximate surface area is 197 Å². The van der Waals surface area contributed by atoms with Crippen LogP contribution in [0.4, 0.5) is 0 Å². The molecule has 0 bridgehead atoms. The van der Waals surface area contributed by atoms with E-state index in [1.807, 2.05) is 0 Å². The number of hydrogen-bond acceptors (Lipinski definition) is 3. The zero-order chi connectivity index (χ0) is 23.5. The molecular formula is C29H52O3. The molecule has 0 aliphatic heterocycles. The van der Waals surface area contributed by atoms with Gasteiger partial charge in [-0.2, -0.15) is 0 Å². The summed E-state index contributed by atoms with van der Waals surface area (Å²) in [6.07, 6.45) is 10.7. The van der Waals surface area contributed by atoms with Crippen LogP contribution in [0.1, 0.15) is 112 Å². The highest BCUT2D eigenvalue weighted by Crippen LogP contribution is 2.69. The van der Waals surface area contributed by atoms with E-state index in [-0.39, 0.29) is 5.41 Å². The Morgan fingerprint density at radius 1 is 0.906 bits per heavy atom. The van der Waals surface area contributed by atoms with Crippen molar-refractivity contribution in [3.63, 3.8) is 0 Å². The number of hydrogen-bond donors (Lipinski definition) is 3. The lowest BCUT2D eigenvalue weighted by Gasteiger charge is -2.65. The number of aliphatic hydroxyl groups excluding tert-OH is 2. The minimum Gasteiger partial charge on any atom is -0.393 e. The Balaban J connectivity index is 1.51. The van der Waals surface area contributed by atoms with Crippen molar-refractivity contribution in [2.75, 3.05) is 0 Å². The van der Waals surface area contributed by atoms with E-state index in [0.717, 1.165) is 42.9 Å². The molecule has 3 N–H and O–H groups in total. The van der Waals surface area contributed by atoms with E-state index in [1.165, 1.54) is 44.9 Å². The van der Waals surface area contributed by atoms with Crippen LogP contribution in [0.5, 0.6) is 0 Å². The third-order valence-corrected chi connectivity index (χ3v) is 12.1. The molecule has 186 valence electrons. The Kier molecular flexibility index (Phi) is 6.89. The van der Waals surface area contributed by atoms with Crippen LogP contribution in [0.2, 0.25) is 0 Å². The van der Waals surface area contributed by atoms with Crippen molar-refractivity contribution >= 4 is 0 Å². The first-order valence-electron chi connectivity index (χ1n) is 14.1. The Bertz CT molecular complexity index is 663. The second-order valence-corrected chi connectivity index (χ2v) is 13.6. The Morgan fingerprint density at radius 2 is 1.62 bits per heavy atom. The van der Waals surface area contributed by atoms with Gasteiger partial charge in [0.05, 0.1) is 17.8 Å². The molecule has 0 amide bonds. The molecule has 0 heterocycles. The molecule has 0 aromatic heterocycles. The largest absolute Gasteiger partial charge is 0.393 e. The van der Waals surface area contributed by atoms with Crippen LogP contribution >= 0.6 is 0 Å². The fourth-order valence-corrected chi connectivity index (χ4v) is 9.92. The summed E-state index contributed by atoms with van der Waals surface area (Å²) >= 11 is 0. The molecular weight excluding hydrogens is 396 g/mol. The van der Waals surface area contributed by atoms with Crippen molar-refractivity contribution in [3.8, 4) is 0 Å². The molecule has 4 saturated carbocycles. The first-order chi connectivity index (χ1) is 15.0. The normalized spacial score (nSPS) is 50.4. The van der Waals surface area contributed by atoms with Gasteiger partial charge in [0.2, 0.25) is 0 Å². The van der Waals surface area contributed by atoms with Crippen LogP contribution < -0.4 is 0 Å². The van der Waals surface area contributed by atoms with Crippen molar-refractivity contribution in [2.24, 2.45) is 52.3 Å². The molecule has 3 unspecified atom stereocenters. The summed E-state index contributed by atoms with van der Waals surface area (Å²) < 4.78 is 0. The van der Waals surface area contributed by atoms with Gasteiger partial charge in [-0.15, -0.1) is 0 Å². The van der Waals surface area contributed by atoms with Gasteiger partial charge >= 0.3 is 0 Å². The molecule has 3 heteroatoms. The van der Waals surface area contributed by atoms with Gasteiger partial charge < -0.3 is 15.3 Å². The summed E-state index contributed by atoms with van der Waals surface area (Å²) in [6, 6.07) is 0. The summed E-state index contributed by atoms with van der Waals surface area (Å²) in [5.74, 6) is 4.92. The fourth-order valence-electron chi connectivity index (χ4n) is 9.92. The van der Waals surface area contributed by atoms with E-state index < -0.39 is 17.8 Å². The fraction of sp³-hybridized carbons (Fsp3) is 1.00. The molecule has 4 fully saturated rings. The van der Waals surface area contributed by atoms with Gasteiger partial charge in [-0.25, -0.2) is 0 Å². The second-order valence-electron chi connectivity index (χ2n) is 13.6. The average molecular weight is 449 g/mol. The zero-order valence-electron chi connectivity index (χ0n) is 21.8. The van der Waals surface area contributed by atoms with Crippen LogP contribution in [0.25, 0.3) is 0 Å². The number of fused-ring (bicyclic) bond motifs is 5. The van der Waals surface area contributed by atoms with E-state index in [1.54, 1.807) is 0 Å². The van der Waals surface area contributed by atoms with Gasteiger partial charge in [-0.05, 0) is 98.2 Å². The van der Waals surface area contributed by atoms with E-state index in [2.05, 4.69) is 41.5 Å². The van der Waals surface area contributed by atoms with E-state index in [9.17, 15) is 15.3 Å². The molecule has 0 aromatic carbocycles. The molecule has 4 aliphatic carbocycles. The van der Waals surface area contributed by atoms with Crippen LogP contribution in [0.3, 0.4) is 0 Å². The van der Waals surface area contributed by atoms with Crippen LogP contribution in [-0.4, -0.2) is 33.1 Å². The quantitative estimate of drug-likeness (QED) is 0.454. The monoisotopic (exact) mass is 448 g/mol. The van der Waals surface area contributed by atoms with Gasteiger partial charge in [-0.3, -0.25) is 0 Å². The first kappa shape index (κ1) is 25.0. The molecule has 4 aliphatic rings. The van der Waals surface area contributed by atoms with Gasteiger partial charge in [0.15, 0.2) is 0 Å². The smallest absolute Gasteiger partial charge is 0.0985 e. The van der Waals surface area contributed by atoms with Crippen LogP contribution in [0, 0.1) is 52.3 Å². The molecule has 3 nitrogen and oxygen atoms in total. The van der Waals surface area contributed by atoms with Crippen molar-refractivity contribution in [1.82, 2.24) is 0 Å². The topological polar surface area (TPSA) is 60.7 Å². The standard InChI is InChI=1S/C29H52O3/c1-7-20(18(2)3)9-8-19(4)23-10-11-24-22-16-26(31)29(32)17-21(30)12-15-28(29,6)25(22)13-14-27(23,24)5/h18-26,30-32H,7-17H2,1-6H3/t19-,20-,21?,22+,23-,24+,25+,26?,27-,28-,29?/m1/s1. The minimum atomic E-state index is -1.11. The number of rotatable bonds is 6. The SMILES string of the molecule is CC[C@H](CC[C@@H](C)[C@H]1CC[C@H]2[C@@H]3CC(O)C4(O)CC(O)CC[C@]4(C)[C@H]3CC[C@]12C)C(C)C. The predicted octanol–water partition coefficient (Wildman–Crippen LogP) is 6.19. The van der Waals surface area contributed by atoms with Gasteiger partial charge in [0.1, 0.15) is 0 Å². The summed E-state index contributed by atoms with van der Waals surface area (Å²) in [7, 11) is 0. The lowest BCUT2D eigenvalue weighted by molar-refractivity contribution is -0.264. The highest BCUT2D eigenvalue weighted by atomic mass is 16.3. The van der Waals surface area contributed by atoms with Crippen molar-refractivity contribution < 1.29 is 15.3 Å². The molecule has 32 heavy (non-hydrogen) atoms. The lowest BCUT2D eigenvalue weighted by atomic mass is 9.42.